The van der Waals surface area contributed by atoms with Gasteiger partial charge in [0.15, 0.2) is 0 Å². The maximum absolute atomic E-state index is 12.7. The normalized spacial score (nSPS) is 17.9. The van der Waals surface area contributed by atoms with Crippen LogP contribution < -0.4 is 10.6 Å². The van der Waals surface area contributed by atoms with E-state index in [9.17, 15) is 19.2 Å². The zero-order chi connectivity index (χ0) is 20.4. The molecule has 0 aromatic heterocycles. The number of nitrogens with one attached hydrogen (secondary N) is 2. The first-order valence-corrected chi connectivity index (χ1v) is 9.28. The third-order valence-electron chi connectivity index (χ3n) is 4.98. The van der Waals surface area contributed by atoms with E-state index in [4.69, 9.17) is 0 Å². The maximum atomic E-state index is 12.7. The number of imide groups is 1. The van der Waals surface area contributed by atoms with Crippen molar-refractivity contribution in [2.75, 3.05) is 0 Å². The largest absolute Gasteiger partial charge is 0.352 e. The lowest BCUT2D eigenvalue weighted by Gasteiger charge is -2.25. The molecule has 0 bridgehead atoms. The van der Waals surface area contributed by atoms with E-state index in [0.29, 0.717) is 18.5 Å². The van der Waals surface area contributed by atoms with Gasteiger partial charge in [0, 0.05) is 24.7 Å². The van der Waals surface area contributed by atoms with Gasteiger partial charge in [-0.1, -0.05) is 42.5 Å². The summed E-state index contributed by atoms with van der Waals surface area (Å²) < 4.78 is 0. The number of carbonyl (C=O) groups excluding carboxylic acids is 4. The van der Waals surface area contributed by atoms with Crippen LogP contribution in [0.1, 0.15) is 27.0 Å². The van der Waals surface area contributed by atoms with E-state index in [1.165, 1.54) is 17.1 Å². The molecule has 146 valence electrons. The Kier molecular flexibility index (Phi) is 4.95. The number of hydrogen-bond acceptors (Lipinski definition) is 4. The summed E-state index contributed by atoms with van der Waals surface area (Å²) in [6.07, 6.45) is 3.01. The second-order valence-electron chi connectivity index (χ2n) is 7.02. The molecule has 7 heteroatoms. The number of amides is 4. The Labute approximate surface area is 167 Å². The van der Waals surface area contributed by atoms with Crippen molar-refractivity contribution in [3.05, 3.63) is 82.9 Å². The van der Waals surface area contributed by atoms with Crippen molar-refractivity contribution < 1.29 is 19.2 Å². The van der Waals surface area contributed by atoms with Gasteiger partial charge in [0.05, 0.1) is 6.42 Å². The van der Waals surface area contributed by atoms with Crippen LogP contribution >= 0.6 is 0 Å². The van der Waals surface area contributed by atoms with Crippen LogP contribution in [0.5, 0.6) is 0 Å². The molecule has 0 radical (unpaired) electrons. The SMILES string of the molecule is O=C1C=CC(N2Cc3cc(CNC(=O)Cc4ccccc4)ccc3C2=O)C(=O)N1. The molecule has 2 aromatic rings. The molecule has 1 atom stereocenters. The summed E-state index contributed by atoms with van der Waals surface area (Å²) in [6, 6.07) is 14.1. The van der Waals surface area contributed by atoms with E-state index >= 15 is 0 Å². The van der Waals surface area contributed by atoms with Gasteiger partial charge in [-0.2, -0.15) is 0 Å². The van der Waals surface area contributed by atoms with Crippen molar-refractivity contribution in [2.45, 2.75) is 25.6 Å². The molecule has 4 amide bonds. The molecular formula is C22H19N3O4. The maximum Gasteiger partial charge on any atom is 0.255 e. The highest BCUT2D eigenvalue weighted by Gasteiger charge is 2.36. The first-order valence-electron chi connectivity index (χ1n) is 9.28. The second kappa shape index (κ2) is 7.71. The van der Waals surface area contributed by atoms with Gasteiger partial charge in [0.1, 0.15) is 6.04 Å². The summed E-state index contributed by atoms with van der Waals surface area (Å²) in [5.74, 6) is -1.32. The summed E-state index contributed by atoms with van der Waals surface area (Å²) in [5.41, 5.74) is 3.14. The minimum atomic E-state index is -0.804. The van der Waals surface area contributed by atoms with E-state index in [2.05, 4.69) is 10.6 Å². The molecule has 0 saturated heterocycles. The van der Waals surface area contributed by atoms with Gasteiger partial charge in [-0.15, -0.1) is 0 Å². The van der Waals surface area contributed by atoms with Crippen LogP contribution in [0.15, 0.2) is 60.7 Å². The zero-order valence-electron chi connectivity index (χ0n) is 15.6. The number of carbonyl (C=O) groups is 4. The minimum absolute atomic E-state index is 0.0805. The molecule has 7 nitrogen and oxygen atoms in total. The average Bonchev–Trinajstić information content (AvgIpc) is 3.03. The van der Waals surface area contributed by atoms with Crippen molar-refractivity contribution in [3.63, 3.8) is 0 Å². The first kappa shape index (κ1) is 18.6. The number of benzene rings is 2. The van der Waals surface area contributed by atoms with Crippen LogP contribution in [0, 0.1) is 0 Å². The van der Waals surface area contributed by atoms with E-state index in [-0.39, 0.29) is 18.4 Å². The van der Waals surface area contributed by atoms with Gasteiger partial charge in [0.25, 0.3) is 11.8 Å². The molecule has 2 aliphatic rings. The quantitative estimate of drug-likeness (QED) is 0.748. The number of nitrogens with zero attached hydrogens (tertiary/aromatic N) is 1. The lowest BCUT2D eigenvalue weighted by molar-refractivity contribution is -0.131. The summed E-state index contributed by atoms with van der Waals surface area (Å²) in [7, 11) is 0. The Balaban J connectivity index is 1.41. The standard InChI is InChI=1S/C22H19N3O4/c26-19-9-8-18(21(28)24-19)25-13-16-10-15(6-7-17(16)22(25)29)12-23-20(27)11-14-4-2-1-3-5-14/h1-10,18H,11-13H2,(H,23,27)(H,24,26,28). The van der Waals surface area contributed by atoms with Gasteiger partial charge < -0.3 is 10.2 Å². The van der Waals surface area contributed by atoms with Crippen molar-refractivity contribution in [2.24, 2.45) is 0 Å². The highest BCUT2D eigenvalue weighted by molar-refractivity contribution is 6.09. The Morgan fingerprint density at radius 3 is 2.62 bits per heavy atom. The van der Waals surface area contributed by atoms with E-state index in [1.54, 1.807) is 12.1 Å². The first-order chi connectivity index (χ1) is 14.0. The fraction of sp³-hybridized carbons (Fsp3) is 0.182. The van der Waals surface area contributed by atoms with E-state index < -0.39 is 17.9 Å². The second-order valence-corrected chi connectivity index (χ2v) is 7.02. The summed E-state index contributed by atoms with van der Waals surface area (Å²) in [4.78, 5) is 49.6. The van der Waals surface area contributed by atoms with Gasteiger partial charge in [-0.25, -0.2) is 0 Å². The lowest BCUT2D eigenvalue weighted by atomic mass is 10.1. The predicted octanol–water partition coefficient (Wildman–Crippen LogP) is 1.08. The monoisotopic (exact) mass is 389 g/mol. The number of rotatable bonds is 5. The lowest BCUT2D eigenvalue weighted by Crippen LogP contribution is -2.49. The van der Waals surface area contributed by atoms with Crippen molar-refractivity contribution in [1.29, 1.82) is 0 Å². The Bertz CT molecular complexity index is 1030. The van der Waals surface area contributed by atoms with Crippen molar-refractivity contribution >= 4 is 23.6 Å². The van der Waals surface area contributed by atoms with Gasteiger partial charge in [-0.05, 0) is 28.8 Å². The number of hydrogen-bond donors (Lipinski definition) is 2. The topological polar surface area (TPSA) is 95.6 Å². The summed E-state index contributed by atoms with van der Waals surface area (Å²) in [6.45, 7) is 0.627. The average molecular weight is 389 g/mol. The molecule has 0 saturated carbocycles. The van der Waals surface area contributed by atoms with Crippen LogP contribution in [-0.2, 0) is 33.9 Å². The molecule has 0 spiro atoms. The summed E-state index contributed by atoms with van der Waals surface area (Å²) in [5, 5.41) is 5.10. The van der Waals surface area contributed by atoms with E-state index in [0.717, 1.165) is 16.7 Å². The van der Waals surface area contributed by atoms with Crippen LogP contribution in [0.25, 0.3) is 0 Å². The third kappa shape index (κ3) is 3.94. The van der Waals surface area contributed by atoms with Gasteiger partial charge >= 0.3 is 0 Å². The highest BCUT2D eigenvalue weighted by Crippen LogP contribution is 2.26. The smallest absolute Gasteiger partial charge is 0.255 e. The van der Waals surface area contributed by atoms with Crippen molar-refractivity contribution in [3.8, 4) is 0 Å². The fourth-order valence-corrected chi connectivity index (χ4v) is 3.52. The predicted molar refractivity (Wildman–Crippen MR) is 104 cm³/mol. The molecule has 0 aliphatic carbocycles. The van der Waals surface area contributed by atoms with Crippen LogP contribution in [0.2, 0.25) is 0 Å². The molecule has 2 N–H and O–H groups in total. The molecule has 1 unspecified atom stereocenters. The Morgan fingerprint density at radius 2 is 1.86 bits per heavy atom. The molecule has 2 aliphatic heterocycles. The highest BCUT2D eigenvalue weighted by atomic mass is 16.2. The van der Waals surface area contributed by atoms with E-state index in [1.807, 2.05) is 36.4 Å². The zero-order valence-corrected chi connectivity index (χ0v) is 15.6. The van der Waals surface area contributed by atoms with Crippen molar-refractivity contribution in [1.82, 2.24) is 15.5 Å². The molecule has 2 aromatic carbocycles. The molecular weight excluding hydrogens is 370 g/mol. The van der Waals surface area contributed by atoms with Gasteiger partial charge in [0.2, 0.25) is 11.8 Å². The molecule has 29 heavy (non-hydrogen) atoms. The molecule has 0 fully saturated rings. The molecule has 2 heterocycles. The third-order valence-corrected chi connectivity index (χ3v) is 4.98. The van der Waals surface area contributed by atoms with Crippen LogP contribution in [-0.4, -0.2) is 34.6 Å². The van der Waals surface area contributed by atoms with Crippen LogP contribution in [0.3, 0.4) is 0 Å². The fourth-order valence-electron chi connectivity index (χ4n) is 3.52. The minimum Gasteiger partial charge on any atom is -0.352 e. The number of fused-ring (bicyclic) bond motifs is 1. The van der Waals surface area contributed by atoms with Gasteiger partial charge in [-0.3, -0.25) is 24.5 Å². The summed E-state index contributed by atoms with van der Waals surface area (Å²) >= 11 is 0. The molecule has 4 rings (SSSR count). The Hall–Kier alpha value is -3.74. The Morgan fingerprint density at radius 1 is 1.07 bits per heavy atom. The van der Waals surface area contributed by atoms with Crippen LogP contribution in [0.4, 0.5) is 0 Å².